The van der Waals surface area contributed by atoms with Crippen LogP contribution in [0.3, 0.4) is 0 Å². The highest BCUT2D eigenvalue weighted by Crippen LogP contribution is 2.16. The number of ether oxygens (including phenoxy) is 3. The zero-order valence-corrected chi connectivity index (χ0v) is 17.6. The van der Waals surface area contributed by atoms with E-state index in [1.165, 1.54) is 17.7 Å². The first-order chi connectivity index (χ1) is 14.6. The van der Waals surface area contributed by atoms with Crippen molar-refractivity contribution in [1.29, 1.82) is 0 Å². The fourth-order valence-electron chi connectivity index (χ4n) is 3.55. The summed E-state index contributed by atoms with van der Waals surface area (Å²) < 4.78 is 29.9. The molecule has 162 valence electrons. The average molecular weight is 416 g/mol. The Balaban J connectivity index is 1.62. The van der Waals surface area contributed by atoms with Gasteiger partial charge >= 0.3 is 0 Å². The molecule has 1 saturated heterocycles. The summed E-state index contributed by atoms with van der Waals surface area (Å²) in [6.45, 7) is 4.21. The third kappa shape index (κ3) is 6.26. The van der Waals surface area contributed by atoms with Gasteiger partial charge in [0.25, 0.3) is 5.91 Å². The molecule has 0 N–H and O–H groups in total. The summed E-state index contributed by atoms with van der Waals surface area (Å²) in [6, 6.07) is 13.8. The van der Waals surface area contributed by atoms with E-state index in [1.807, 2.05) is 12.1 Å². The van der Waals surface area contributed by atoms with Crippen molar-refractivity contribution < 1.29 is 23.4 Å². The predicted octanol–water partition coefficient (Wildman–Crippen LogP) is 2.82. The number of carbonyl (C=O) groups excluding carboxylic acids is 1. The third-order valence-corrected chi connectivity index (χ3v) is 5.14. The van der Waals surface area contributed by atoms with Gasteiger partial charge in [-0.15, -0.1) is 0 Å². The van der Waals surface area contributed by atoms with Gasteiger partial charge in [0, 0.05) is 45.4 Å². The van der Waals surface area contributed by atoms with E-state index in [0.717, 1.165) is 18.8 Å². The molecule has 6 nitrogen and oxygen atoms in total. The summed E-state index contributed by atoms with van der Waals surface area (Å²) in [4.78, 5) is 16.9. The zero-order chi connectivity index (χ0) is 21.3. The number of halogens is 1. The number of morpholine rings is 1. The maximum absolute atomic E-state index is 13.6. The summed E-state index contributed by atoms with van der Waals surface area (Å²) in [7, 11) is 3.25. The molecule has 0 radical (unpaired) electrons. The van der Waals surface area contributed by atoms with Crippen LogP contribution in [0.4, 0.5) is 4.39 Å². The smallest absolute Gasteiger partial charge is 0.254 e. The second-order valence-electron chi connectivity index (χ2n) is 7.33. The lowest BCUT2D eigenvalue weighted by atomic mass is 10.1. The predicted molar refractivity (Wildman–Crippen MR) is 112 cm³/mol. The van der Waals surface area contributed by atoms with Crippen molar-refractivity contribution in [2.45, 2.75) is 12.6 Å². The molecule has 0 spiro atoms. The molecule has 1 aliphatic rings. The van der Waals surface area contributed by atoms with Crippen molar-refractivity contribution in [1.82, 2.24) is 9.80 Å². The van der Waals surface area contributed by atoms with Crippen molar-refractivity contribution in [2.24, 2.45) is 0 Å². The Kier molecular flexibility index (Phi) is 8.19. The second-order valence-corrected chi connectivity index (χ2v) is 7.33. The SMILES string of the molecule is COCCN(CC1CN(Cc2ccc(OC)cc2)CCO1)C(=O)c1cccc(F)c1. The van der Waals surface area contributed by atoms with Crippen LogP contribution in [0.2, 0.25) is 0 Å². The van der Waals surface area contributed by atoms with Gasteiger partial charge in [-0.25, -0.2) is 4.39 Å². The molecule has 3 rings (SSSR count). The Hall–Kier alpha value is -2.48. The summed E-state index contributed by atoms with van der Waals surface area (Å²) in [6.07, 6.45) is -0.119. The van der Waals surface area contributed by atoms with Crippen LogP contribution < -0.4 is 4.74 Å². The molecule has 1 aliphatic heterocycles. The van der Waals surface area contributed by atoms with Gasteiger partial charge in [0.15, 0.2) is 0 Å². The van der Waals surface area contributed by atoms with Gasteiger partial charge in [0.05, 0.1) is 26.4 Å². The Bertz CT molecular complexity index is 815. The topological polar surface area (TPSA) is 51.2 Å². The molecule has 1 fully saturated rings. The molecule has 0 aromatic heterocycles. The molecule has 1 unspecified atom stereocenters. The zero-order valence-electron chi connectivity index (χ0n) is 17.6. The van der Waals surface area contributed by atoms with Crippen LogP contribution in [0.1, 0.15) is 15.9 Å². The monoisotopic (exact) mass is 416 g/mol. The molecule has 0 bridgehead atoms. The molecule has 0 saturated carbocycles. The van der Waals surface area contributed by atoms with Crippen LogP contribution in [0, 0.1) is 5.82 Å². The van der Waals surface area contributed by atoms with E-state index in [0.29, 0.717) is 38.4 Å². The Morgan fingerprint density at radius 2 is 2.03 bits per heavy atom. The minimum Gasteiger partial charge on any atom is -0.497 e. The number of carbonyl (C=O) groups is 1. The number of hydrogen-bond donors (Lipinski definition) is 0. The lowest BCUT2D eigenvalue weighted by molar-refractivity contribution is -0.0444. The number of methoxy groups -OCH3 is 2. The number of hydrogen-bond acceptors (Lipinski definition) is 5. The van der Waals surface area contributed by atoms with Gasteiger partial charge in [0.1, 0.15) is 11.6 Å². The summed E-state index contributed by atoms with van der Waals surface area (Å²) in [5, 5.41) is 0. The molecule has 30 heavy (non-hydrogen) atoms. The molecular formula is C23H29FN2O4. The summed E-state index contributed by atoms with van der Waals surface area (Å²) in [5.41, 5.74) is 1.53. The minimum absolute atomic E-state index is 0.119. The minimum atomic E-state index is -0.424. The molecular weight excluding hydrogens is 387 g/mol. The fraction of sp³-hybridized carbons (Fsp3) is 0.435. The van der Waals surface area contributed by atoms with E-state index < -0.39 is 5.82 Å². The Morgan fingerprint density at radius 3 is 2.73 bits per heavy atom. The highest BCUT2D eigenvalue weighted by molar-refractivity contribution is 5.94. The highest BCUT2D eigenvalue weighted by Gasteiger charge is 2.26. The van der Waals surface area contributed by atoms with Gasteiger partial charge in [-0.05, 0) is 35.9 Å². The van der Waals surface area contributed by atoms with Gasteiger partial charge < -0.3 is 19.1 Å². The molecule has 0 aliphatic carbocycles. The molecule has 1 atom stereocenters. The number of nitrogens with zero attached hydrogens (tertiary/aromatic N) is 2. The number of rotatable bonds is 9. The summed E-state index contributed by atoms with van der Waals surface area (Å²) in [5.74, 6) is 0.192. The van der Waals surface area contributed by atoms with Gasteiger partial charge in [-0.2, -0.15) is 0 Å². The normalized spacial score (nSPS) is 17.0. The van der Waals surface area contributed by atoms with E-state index >= 15 is 0 Å². The van der Waals surface area contributed by atoms with Crippen LogP contribution in [-0.4, -0.2) is 75.4 Å². The maximum atomic E-state index is 13.6. The number of benzene rings is 2. The van der Waals surface area contributed by atoms with Crippen molar-refractivity contribution in [2.75, 3.05) is 53.6 Å². The van der Waals surface area contributed by atoms with Crippen LogP contribution in [0.15, 0.2) is 48.5 Å². The summed E-state index contributed by atoms with van der Waals surface area (Å²) >= 11 is 0. The second kappa shape index (κ2) is 11.1. The molecule has 2 aromatic rings. The van der Waals surface area contributed by atoms with Crippen molar-refractivity contribution in [3.05, 3.63) is 65.5 Å². The fourth-order valence-corrected chi connectivity index (χ4v) is 3.55. The highest BCUT2D eigenvalue weighted by atomic mass is 19.1. The molecule has 1 amide bonds. The molecule has 7 heteroatoms. The van der Waals surface area contributed by atoms with E-state index in [9.17, 15) is 9.18 Å². The maximum Gasteiger partial charge on any atom is 0.254 e. The van der Waals surface area contributed by atoms with Crippen LogP contribution in [0.5, 0.6) is 5.75 Å². The first-order valence-electron chi connectivity index (χ1n) is 10.1. The van der Waals surface area contributed by atoms with Crippen LogP contribution in [-0.2, 0) is 16.0 Å². The first kappa shape index (κ1) is 22.2. The van der Waals surface area contributed by atoms with Gasteiger partial charge in [-0.1, -0.05) is 18.2 Å². The quantitative estimate of drug-likeness (QED) is 0.629. The van der Waals surface area contributed by atoms with Crippen molar-refractivity contribution in [3.8, 4) is 5.75 Å². The van der Waals surface area contributed by atoms with Gasteiger partial charge in [0.2, 0.25) is 0 Å². The van der Waals surface area contributed by atoms with Crippen molar-refractivity contribution in [3.63, 3.8) is 0 Å². The lowest BCUT2D eigenvalue weighted by Gasteiger charge is -2.36. The van der Waals surface area contributed by atoms with E-state index in [-0.39, 0.29) is 12.0 Å². The third-order valence-electron chi connectivity index (χ3n) is 5.14. The van der Waals surface area contributed by atoms with E-state index in [1.54, 1.807) is 31.3 Å². The van der Waals surface area contributed by atoms with Crippen LogP contribution >= 0.6 is 0 Å². The molecule has 1 heterocycles. The first-order valence-corrected chi connectivity index (χ1v) is 10.1. The Morgan fingerprint density at radius 1 is 1.23 bits per heavy atom. The average Bonchev–Trinajstić information content (AvgIpc) is 2.77. The lowest BCUT2D eigenvalue weighted by Crippen LogP contribution is -2.49. The molecule has 2 aromatic carbocycles. The Labute approximate surface area is 177 Å². The van der Waals surface area contributed by atoms with Gasteiger partial charge in [-0.3, -0.25) is 9.69 Å². The van der Waals surface area contributed by atoms with Crippen LogP contribution in [0.25, 0.3) is 0 Å². The largest absolute Gasteiger partial charge is 0.497 e. The van der Waals surface area contributed by atoms with E-state index in [4.69, 9.17) is 14.2 Å². The standard InChI is InChI=1S/C23H29FN2O4/c1-28-12-11-26(23(27)19-4-3-5-20(24)14-19)17-22-16-25(10-13-30-22)15-18-6-8-21(29-2)9-7-18/h3-9,14,22H,10-13,15-17H2,1-2H3. The van der Waals surface area contributed by atoms with E-state index in [2.05, 4.69) is 17.0 Å². The number of amides is 1. The van der Waals surface area contributed by atoms with Crippen molar-refractivity contribution >= 4 is 5.91 Å².